The number of hydrogen-bond donors (Lipinski definition) is 0. The summed E-state index contributed by atoms with van der Waals surface area (Å²) in [6.45, 7) is 1.48. The molecule has 2 aromatic rings. The van der Waals surface area contributed by atoms with Gasteiger partial charge in [0.1, 0.15) is 6.04 Å². The van der Waals surface area contributed by atoms with Crippen molar-refractivity contribution in [2.24, 2.45) is 0 Å². The molecule has 0 spiro atoms. The van der Waals surface area contributed by atoms with Gasteiger partial charge in [-0.2, -0.15) is 0 Å². The first-order valence-corrected chi connectivity index (χ1v) is 8.35. The summed E-state index contributed by atoms with van der Waals surface area (Å²) in [7, 11) is 1.89. The Kier molecular flexibility index (Phi) is 5.13. The summed E-state index contributed by atoms with van der Waals surface area (Å²) < 4.78 is 0. The molecule has 140 valence electrons. The van der Waals surface area contributed by atoms with E-state index in [1.54, 1.807) is 29.2 Å². The smallest absolute Gasteiger partial charge is 0.278 e. The number of nitrogens with zero attached hydrogens (tertiary/aromatic N) is 4. The van der Waals surface area contributed by atoms with Crippen LogP contribution < -0.4 is 4.90 Å². The van der Waals surface area contributed by atoms with Crippen molar-refractivity contribution in [1.29, 1.82) is 0 Å². The molecule has 9 nitrogen and oxygen atoms in total. The zero-order valence-electron chi connectivity index (χ0n) is 14.6. The third kappa shape index (κ3) is 3.93. The van der Waals surface area contributed by atoms with E-state index in [4.69, 9.17) is 0 Å². The molecule has 0 radical (unpaired) electrons. The molecule has 0 aliphatic carbocycles. The number of ketones is 1. The van der Waals surface area contributed by atoms with E-state index in [1.165, 1.54) is 12.1 Å². The van der Waals surface area contributed by atoms with Crippen molar-refractivity contribution in [3.05, 3.63) is 74.3 Å². The largest absolute Gasteiger partial charge is 0.358 e. The zero-order valence-corrected chi connectivity index (χ0v) is 14.6. The number of Topliss-reactive ketones (excluding diaryl/α,β-unsaturated/α-hetero) is 1. The van der Waals surface area contributed by atoms with Crippen LogP contribution in [0.25, 0.3) is 0 Å². The SMILES string of the molecule is CN1CCN(c2cc([N+](=O)[O-])cc([N+](=O)[O-])c2)C(C(=O)c2ccccc2)C1. The van der Waals surface area contributed by atoms with Crippen LogP contribution in [0.3, 0.4) is 0 Å². The third-order valence-electron chi connectivity index (χ3n) is 4.58. The first-order valence-electron chi connectivity index (χ1n) is 8.35. The molecular formula is C18H18N4O5. The quantitative estimate of drug-likeness (QED) is 0.452. The second-order valence-corrected chi connectivity index (χ2v) is 6.42. The van der Waals surface area contributed by atoms with Crippen LogP contribution in [0.15, 0.2) is 48.5 Å². The predicted molar refractivity (Wildman–Crippen MR) is 99.2 cm³/mol. The van der Waals surface area contributed by atoms with Crippen LogP contribution in [-0.4, -0.2) is 53.3 Å². The number of carbonyl (C=O) groups is 1. The Hall–Kier alpha value is -3.33. The van der Waals surface area contributed by atoms with E-state index in [1.807, 2.05) is 18.0 Å². The Bertz CT molecular complexity index is 854. The maximum Gasteiger partial charge on any atom is 0.278 e. The van der Waals surface area contributed by atoms with Gasteiger partial charge in [-0.05, 0) is 7.05 Å². The molecule has 27 heavy (non-hydrogen) atoms. The molecule has 1 atom stereocenters. The van der Waals surface area contributed by atoms with E-state index in [-0.39, 0.29) is 17.2 Å². The highest BCUT2D eigenvalue weighted by Crippen LogP contribution is 2.31. The summed E-state index contributed by atoms with van der Waals surface area (Å²) in [6, 6.07) is 11.7. The summed E-state index contributed by atoms with van der Waals surface area (Å²) in [5.41, 5.74) is 0.0917. The van der Waals surface area contributed by atoms with Crippen LogP contribution in [0.5, 0.6) is 0 Å². The highest BCUT2D eigenvalue weighted by molar-refractivity contribution is 6.02. The number of anilines is 1. The predicted octanol–water partition coefficient (Wildman–Crippen LogP) is 2.51. The molecule has 0 saturated carbocycles. The number of nitro benzene ring substituents is 2. The molecule has 0 bridgehead atoms. The Labute approximate surface area is 155 Å². The molecule has 1 saturated heterocycles. The van der Waals surface area contributed by atoms with E-state index in [0.717, 1.165) is 6.07 Å². The van der Waals surface area contributed by atoms with Gasteiger partial charge >= 0.3 is 0 Å². The fourth-order valence-electron chi connectivity index (χ4n) is 3.20. The number of hydrogen-bond acceptors (Lipinski definition) is 7. The third-order valence-corrected chi connectivity index (χ3v) is 4.58. The normalized spacial score (nSPS) is 17.5. The first-order chi connectivity index (χ1) is 12.9. The van der Waals surface area contributed by atoms with Crippen molar-refractivity contribution in [2.45, 2.75) is 6.04 Å². The number of nitro groups is 2. The number of piperazine rings is 1. The van der Waals surface area contributed by atoms with Crippen LogP contribution >= 0.6 is 0 Å². The highest BCUT2D eigenvalue weighted by Gasteiger charge is 2.33. The van der Waals surface area contributed by atoms with Crippen LogP contribution in [0.2, 0.25) is 0 Å². The fraction of sp³-hybridized carbons (Fsp3) is 0.278. The Morgan fingerprint density at radius 3 is 2.15 bits per heavy atom. The molecule has 1 heterocycles. The summed E-state index contributed by atoms with van der Waals surface area (Å²) in [6.07, 6.45) is 0. The lowest BCUT2D eigenvalue weighted by atomic mass is 9.99. The van der Waals surface area contributed by atoms with Crippen molar-refractivity contribution in [3.8, 4) is 0 Å². The maximum absolute atomic E-state index is 13.0. The second-order valence-electron chi connectivity index (χ2n) is 6.42. The number of rotatable bonds is 5. The van der Waals surface area contributed by atoms with Crippen LogP contribution in [0.4, 0.5) is 17.1 Å². The molecule has 9 heteroatoms. The average molecular weight is 370 g/mol. The summed E-state index contributed by atoms with van der Waals surface area (Å²) >= 11 is 0. The molecule has 1 aliphatic heterocycles. The maximum atomic E-state index is 13.0. The van der Waals surface area contributed by atoms with Gasteiger partial charge in [0.25, 0.3) is 11.4 Å². The molecule has 0 amide bonds. The molecule has 1 unspecified atom stereocenters. The number of carbonyl (C=O) groups excluding carboxylic acids is 1. The van der Waals surface area contributed by atoms with Gasteiger partial charge in [0.05, 0.1) is 21.6 Å². The topological polar surface area (TPSA) is 110 Å². The van der Waals surface area contributed by atoms with Gasteiger partial charge in [-0.15, -0.1) is 0 Å². The Morgan fingerprint density at radius 2 is 1.59 bits per heavy atom. The van der Waals surface area contributed by atoms with E-state index >= 15 is 0 Å². The van der Waals surface area contributed by atoms with Gasteiger partial charge in [-0.3, -0.25) is 25.0 Å². The van der Waals surface area contributed by atoms with Crippen LogP contribution in [0, 0.1) is 20.2 Å². The lowest BCUT2D eigenvalue weighted by Crippen LogP contribution is -2.55. The van der Waals surface area contributed by atoms with Crippen molar-refractivity contribution >= 4 is 22.8 Å². The molecule has 3 rings (SSSR count). The molecule has 1 aliphatic rings. The van der Waals surface area contributed by atoms with Gasteiger partial charge in [-0.25, -0.2) is 0 Å². The van der Waals surface area contributed by atoms with Gasteiger partial charge in [0, 0.05) is 37.3 Å². The molecule has 2 aromatic carbocycles. The Balaban J connectivity index is 2.03. The van der Waals surface area contributed by atoms with E-state index in [9.17, 15) is 25.0 Å². The summed E-state index contributed by atoms with van der Waals surface area (Å²) in [5, 5.41) is 22.4. The minimum Gasteiger partial charge on any atom is -0.358 e. The number of non-ortho nitro benzene ring substituents is 2. The van der Waals surface area contributed by atoms with E-state index < -0.39 is 15.9 Å². The van der Waals surface area contributed by atoms with Crippen molar-refractivity contribution in [1.82, 2.24) is 4.90 Å². The molecule has 0 N–H and O–H groups in total. The van der Waals surface area contributed by atoms with Crippen LogP contribution in [0.1, 0.15) is 10.4 Å². The minimum atomic E-state index is -0.666. The van der Waals surface area contributed by atoms with Gasteiger partial charge < -0.3 is 9.80 Å². The second kappa shape index (κ2) is 7.50. The molecular weight excluding hydrogens is 352 g/mol. The van der Waals surface area contributed by atoms with Crippen LogP contribution in [-0.2, 0) is 0 Å². The zero-order chi connectivity index (χ0) is 19.6. The number of benzene rings is 2. The van der Waals surface area contributed by atoms with E-state index in [2.05, 4.69) is 0 Å². The molecule has 1 fully saturated rings. The fourth-order valence-corrected chi connectivity index (χ4v) is 3.20. The van der Waals surface area contributed by atoms with Gasteiger partial charge in [0.2, 0.25) is 0 Å². The minimum absolute atomic E-state index is 0.128. The standard InChI is InChI=1S/C18H18N4O5/c1-19-7-8-20(17(12-19)18(23)13-5-3-2-4-6-13)14-9-15(21(24)25)11-16(10-14)22(26)27/h2-6,9-11,17H,7-8,12H2,1H3. The Morgan fingerprint density at radius 1 is 1.00 bits per heavy atom. The first kappa shape index (κ1) is 18.5. The highest BCUT2D eigenvalue weighted by atomic mass is 16.6. The summed E-state index contributed by atoms with van der Waals surface area (Å²) in [4.78, 5) is 37.8. The van der Waals surface area contributed by atoms with Crippen molar-refractivity contribution in [2.75, 3.05) is 31.6 Å². The van der Waals surface area contributed by atoms with Crippen molar-refractivity contribution in [3.63, 3.8) is 0 Å². The average Bonchev–Trinajstić information content (AvgIpc) is 2.67. The lowest BCUT2D eigenvalue weighted by Gasteiger charge is -2.40. The molecule has 0 aromatic heterocycles. The van der Waals surface area contributed by atoms with Crippen molar-refractivity contribution < 1.29 is 14.6 Å². The summed E-state index contributed by atoms with van der Waals surface area (Å²) in [5.74, 6) is -0.128. The van der Waals surface area contributed by atoms with Gasteiger partial charge in [0.15, 0.2) is 5.78 Å². The lowest BCUT2D eigenvalue weighted by molar-refractivity contribution is -0.394. The van der Waals surface area contributed by atoms with E-state index in [0.29, 0.717) is 30.9 Å². The monoisotopic (exact) mass is 370 g/mol. The number of likely N-dealkylation sites (N-methyl/N-ethyl adjacent to an activating group) is 1. The van der Waals surface area contributed by atoms with Gasteiger partial charge in [-0.1, -0.05) is 30.3 Å².